The Morgan fingerprint density at radius 1 is 1.23 bits per heavy atom. The van der Waals surface area contributed by atoms with E-state index in [1.165, 1.54) is 0 Å². The molecule has 2 aliphatic rings. The largest absolute Gasteiger partial charge is 0.493 e. The van der Waals surface area contributed by atoms with Gasteiger partial charge < -0.3 is 20.1 Å². The van der Waals surface area contributed by atoms with Crippen molar-refractivity contribution in [1.29, 1.82) is 0 Å². The molecule has 10 heteroatoms. The molecule has 31 heavy (non-hydrogen) atoms. The number of hydrogen-bond donors (Lipinski definition) is 3. The SMILES string of the molecule is Cl.O=c1[nH]c(CSC2CCC(O)CC2)nc2cc(OC[C@@H]3CCNC[C@H]3F)cc(F)c12. The Kier molecular flexibility index (Phi) is 8.55. The van der Waals surface area contributed by atoms with E-state index in [9.17, 15) is 18.7 Å². The van der Waals surface area contributed by atoms with Crippen molar-refractivity contribution in [3.8, 4) is 5.75 Å². The molecule has 1 aliphatic heterocycles. The normalized spacial score (nSPS) is 26.4. The molecule has 4 rings (SSSR count). The lowest BCUT2D eigenvalue weighted by Crippen LogP contribution is -2.40. The number of nitrogens with zero attached hydrogens (tertiary/aromatic N) is 1. The minimum absolute atomic E-state index is 0. The number of aromatic amines is 1. The second kappa shape index (κ2) is 10.9. The van der Waals surface area contributed by atoms with E-state index in [4.69, 9.17) is 4.74 Å². The zero-order chi connectivity index (χ0) is 21.1. The second-order valence-corrected chi connectivity index (χ2v) is 9.42. The lowest BCUT2D eigenvalue weighted by molar-refractivity contribution is 0.122. The third kappa shape index (κ3) is 6.09. The Bertz CT molecular complexity index is 940. The van der Waals surface area contributed by atoms with Crippen LogP contribution in [0.5, 0.6) is 5.75 Å². The van der Waals surface area contributed by atoms with Crippen molar-refractivity contribution in [3.63, 3.8) is 0 Å². The van der Waals surface area contributed by atoms with Crippen LogP contribution in [-0.4, -0.2) is 52.3 Å². The molecule has 2 fully saturated rings. The molecule has 6 nitrogen and oxygen atoms in total. The van der Waals surface area contributed by atoms with Gasteiger partial charge in [0.25, 0.3) is 5.56 Å². The van der Waals surface area contributed by atoms with Gasteiger partial charge in [-0.3, -0.25) is 4.79 Å². The van der Waals surface area contributed by atoms with Crippen molar-refractivity contribution in [1.82, 2.24) is 15.3 Å². The van der Waals surface area contributed by atoms with Gasteiger partial charge in [-0.15, -0.1) is 12.4 Å². The van der Waals surface area contributed by atoms with E-state index in [-0.39, 0.29) is 47.7 Å². The Morgan fingerprint density at radius 3 is 2.74 bits per heavy atom. The molecule has 0 amide bonds. The van der Waals surface area contributed by atoms with Gasteiger partial charge in [0.1, 0.15) is 28.9 Å². The molecule has 2 atom stereocenters. The van der Waals surface area contributed by atoms with Crippen LogP contribution in [0.25, 0.3) is 10.9 Å². The van der Waals surface area contributed by atoms with Gasteiger partial charge in [-0.05, 0) is 38.6 Å². The molecule has 2 heterocycles. The van der Waals surface area contributed by atoms with Crippen molar-refractivity contribution in [2.45, 2.75) is 55.4 Å². The molecule has 2 aromatic rings. The fourth-order valence-electron chi connectivity index (χ4n) is 4.07. The first-order valence-corrected chi connectivity index (χ1v) is 11.5. The zero-order valence-corrected chi connectivity index (χ0v) is 18.7. The number of thioether (sulfide) groups is 1. The number of piperidine rings is 1. The number of halogens is 3. The highest BCUT2D eigenvalue weighted by atomic mass is 35.5. The van der Waals surface area contributed by atoms with E-state index in [0.717, 1.165) is 38.3 Å². The quantitative estimate of drug-likeness (QED) is 0.594. The van der Waals surface area contributed by atoms with Gasteiger partial charge in [-0.1, -0.05) is 0 Å². The molecule has 1 aromatic carbocycles. The summed E-state index contributed by atoms with van der Waals surface area (Å²) in [6.45, 7) is 1.20. The molecule has 0 spiro atoms. The van der Waals surface area contributed by atoms with Gasteiger partial charge in [-0.25, -0.2) is 13.8 Å². The van der Waals surface area contributed by atoms with Crippen LogP contribution in [0.15, 0.2) is 16.9 Å². The van der Waals surface area contributed by atoms with Gasteiger partial charge in [0.2, 0.25) is 0 Å². The highest BCUT2D eigenvalue weighted by Gasteiger charge is 2.25. The van der Waals surface area contributed by atoms with Crippen molar-refractivity contribution < 1.29 is 18.6 Å². The number of rotatable bonds is 6. The molecular weight excluding hydrogens is 448 g/mol. The first-order valence-electron chi connectivity index (χ1n) is 10.5. The van der Waals surface area contributed by atoms with Crippen LogP contribution in [0.3, 0.4) is 0 Å². The summed E-state index contributed by atoms with van der Waals surface area (Å²) in [5.41, 5.74) is -0.272. The van der Waals surface area contributed by atoms with Gasteiger partial charge in [-0.2, -0.15) is 11.8 Å². The summed E-state index contributed by atoms with van der Waals surface area (Å²) in [5.74, 6) is 0.319. The third-order valence-electron chi connectivity index (χ3n) is 5.89. The Morgan fingerprint density at radius 2 is 2.00 bits per heavy atom. The summed E-state index contributed by atoms with van der Waals surface area (Å²) < 4.78 is 34.2. The Balaban J connectivity index is 0.00000272. The standard InChI is InChI=1S/C21H27F2N3O3S.ClH/c22-16-7-14(29-10-12-5-6-24-9-17(12)23)8-18-20(16)21(28)26-19(25-18)11-30-15-3-1-13(27)2-4-15;/h7-8,12-13,15,17,24,27H,1-6,9-11H2,(H,25,26,28);1H/t12-,13?,15?,17+;/m0./s1. The monoisotopic (exact) mass is 475 g/mol. The number of benzene rings is 1. The number of aliphatic hydroxyl groups excluding tert-OH is 1. The van der Waals surface area contributed by atoms with Crippen molar-refractivity contribution >= 4 is 35.1 Å². The average molecular weight is 476 g/mol. The average Bonchev–Trinajstić information content (AvgIpc) is 2.72. The summed E-state index contributed by atoms with van der Waals surface area (Å²) in [5, 5.41) is 12.9. The predicted molar refractivity (Wildman–Crippen MR) is 120 cm³/mol. The number of H-pyrrole nitrogens is 1. The predicted octanol–water partition coefficient (Wildman–Crippen LogP) is 3.35. The van der Waals surface area contributed by atoms with Crippen molar-refractivity contribution in [2.24, 2.45) is 5.92 Å². The molecule has 1 aromatic heterocycles. The van der Waals surface area contributed by atoms with E-state index in [1.807, 2.05) is 0 Å². The minimum Gasteiger partial charge on any atom is -0.493 e. The van der Waals surface area contributed by atoms with Gasteiger partial charge in [0.05, 0.1) is 24.0 Å². The maximum absolute atomic E-state index is 14.5. The second-order valence-electron chi connectivity index (χ2n) is 8.13. The lowest BCUT2D eigenvalue weighted by atomic mass is 9.97. The van der Waals surface area contributed by atoms with E-state index >= 15 is 0 Å². The number of hydrogen-bond acceptors (Lipinski definition) is 6. The summed E-state index contributed by atoms with van der Waals surface area (Å²) in [7, 11) is 0. The summed E-state index contributed by atoms with van der Waals surface area (Å²) in [6, 6.07) is 2.71. The van der Waals surface area contributed by atoms with Crippen LogP contribution in [0, 0.1) is 11.7 Å². The van der Waals surface area contributed by atoms with Crippen LogP contribution in [0.2, 0.25) is 0 Å². The molecule has 3 N–H and O–H groups in total. The van der Waals surface area contributed by atoms with Gasteiger partial charge in [0, 0.05) is 29.8 Å². The van der Waals surface area contributed by atoms with Crippen LogP contribution in [0.4, 0.5) is 8.78 Å². The Hall–Kier alpha value is -1.42. The Labute approximate surface area is 190 Å². The van der Waals surface area contributed by atoms with Crippen LogP contribution >= 0.6 is 24.2 Å². The lowest BCUT2D eigenvalue weighted by Gasteiger charge is -2.26. The number of fused-ring (bicyclic) bond motifs is 1. The number of aliphatic hydroxyl groups is 1. The topological polar surface area (TPSA) is 87.2 Å². The van der Waals surface area contributed by atoms with Crippen molar-refractivity contribution in [3.05, 3.63) is 34.1 Å². The first-order chi connectivity index (χ1) is 14.5. The fraction of sp³-hybridized carbons (Fsp3) is 0.619. The molecule has 0 unspecified atom stereocenters. The number of nitrogens with one attached hydrogen (secondary N) is 2. The van der Waals surface area contributed by atoms with Gasteiger partial charge >= 0.3 is 0 Å². The van der Waals surface area contributed by atoms with E-state index in [1.54, 1.807) is 17.8 Å². The highest BCUT2D eigenvalue weighted by Crippen LogP contribution is 2.30. The molecule has 1 saturated heterocycles. The number of aromatic nitrogens is 2. The molecule has 1 aliphatic carbocycles. The molecular formula is C21H28ClF2N3O3S. The molecule has 172 valence electrons. The smallest absolute Gasteiger partial charge is 0.261 e. The summed E-state index contributed by atoms with van der Waals surface area (Å²) in [6.07, 6.45) is 2.91. The molecule has 1 saturated carbocycles. The van der Waals surface area contributed by atoms with Gasteiger partial charge in [0.15, 0.2) is 0 Å². The number of alkyl halides is 1. The minimum atomic E-state index is -0.991. The van der Waals surface area contributed by atoms with Crippen molar-refractivity contribution in [2.75, 3.05) is 19.7 Å². The maximum Gasteiger partial charge on any atom is 0.261 e. The van der Waals surface area contributed by atoms with E-state index in [2.05, 4.69) is 15.3 Å². The van der Waals surface area contributed by atoms with E-state index in [0.29, 0.717) is 29.8 Å². The third-order valence-corrected chi connectivity index (χ3v) is 7.27. The van der Waals surface area contributed by atoms with Crippen LogP contribution in [0.1, 0.15) is 37.9 Å². The fourth-order valence-corrected chi connectivity index (χ4v) is 5.21. The van der Waals surface area contributed by atoms with E-state index < -0.39 is 17.5 Å². The molecule has 0 bridgehead atoms. The summed E-state index contributed by atoms with van der Waals surface area (Å²) >= 11 is 1.69. The maximum atomic E-state index is 14.5. The number of ether oxygens (including phenoxy) is 1. The highest BCUT2D eigenvalue weighted by molar-refractivity contribution is 7.99. The van der Waals surface area contributed by atoms with Crippen LogP contribution in [-0.2, 0) is 5.75 Å². The summed E-state index contributed by atoms with van der Waals surface area (Å²) in [4.78, 5) is 19.5. The van der Waals surface area contributed by atoms with Crippen LogP contribution < -0.4 is 15.6 Å². The first kappa shape index (κ1) is 24.2. The molecule has 0 radical (unpaired) electrons. The zero-order valence-electron chi connectivity index (χ0n) is 17.1.